The molecule has 0 unspecified atom stereocenters. The molecule has 0 radical (unpaired) electrons. The highest BCUT2D eigenvalue weighted by Crippen LogP contribution is 2.20. The van der Waals surface area contributed by atoms with Crippen molar-refractivity contribution in [2.75, 3.05) is 26.9 Å². The largest absolute Gasteiger partial charge is 0.497 e. The lowest BCUT2D eigenvalue weighted by Gasteiger charge is -2.09. The van der Waals surface area contributed by atoms with Gasteiger partial charge in [0.2, 0.25) is 0 Å². The second-order valence-corrected chi connectivity index (χ2v) is 7.47. The first-order chi connectivity index (χ1) is 16.4. The molecule has 0 fully saturated rings. The van der Waals surface area contributed by atoms with Crippen molar-refractivity contribution in [1.29, 1.82) is 0 Å². The highest BCUT2D eigenvalue weighted by atomic mass is 16.5. The van der Waals surface area contributed by atoms with Crippen molar-refractivity contribution in [2.45, 2.75) is 32.1 Å². The summed E-state index contributed by atoms with van der Waals surface area (Å²) in [5.74, 6) is 0.233. The van der Waals surface area contributed by atoms with Gasteiger partial charge in [0, 0.05) is 12.0 Å². The van der Waals surface area contributed by atoms with E-state index in [9.17, 15) is 14.4 Å². The zero-order valence-corrected chi connectivity index (χ0v) is 19.3. The number of benzene rings is 2. The van der Waals surface area contributed by atoms with Gasteiger partial charge in [0.25, 0.3) is 0 Å². The van der Waals surface area contributed by atoms with E-state index in [4.69, 9.17) is 24.1 Å². The van der Waals surface area contributed by atoms with Crippen molar-refractivity contribution < 1.29 is 38.4 Å². The molecule has 0 bridgehead atoms. The first kappa shape index (κ1) is 26.6. The topological polar surface area (TPSA) is 108 Å². The summed E-state index contributed by atoms with van der Waals surface area (Å²) < 4.78 is 21.2. The van der Waals surface area contributed by atoms with Crippen LogP contribution in [0.2, 0.25) is 0 Å². The van der Waals surface area contributed by atoms with Crippen LogP contribution in [0.25, 0.3) is 0 Å². The third-order valence-electron chi connectivity index (χ3n) is 4.78. The van der Waals surface area contributed by atoms with E-state index < -0.39 is 24.3 Å². The second-order valence-electron chi connectivity index (χ2n) is 7.47. The molecule has 0 aliphatic rings. The fraction of sp³-hybridized carbons (Fsp3) is 0.346. The minimum Gasteiger partial charge on any atom is -0.497 e. The van der Waals surface area contributed by atoms with E-state index in [1.807, 2.05) is 0 Å². The smallest absolute Gasteiger partial charge is 0.343 e. The van der Waals surface area contributed by atoms with Crippen LogP contribution in [0.1, 0.15) is 42.5 Å². The van der Waals surface area contributed by atoms with Gasteiger partial charge in [-0.25, -0.2) is 9.59 Å². The molecule has 0 aliphatic carbocycles. The maximum atomic E-state index is 12.2. The minimum atomic E-state index is -0.615. The molecule has 8 nitrogen and oxygen atoms in total. The summed E-state index contributed by atoms with van der Waals surface area (Å²) in [5.41, 5.74) is 0.478. The zero-order chi connectivity index (χ0) is 24.8. The second kappa shape index (κ2) is 14.5. The van der Waals surface area contributed by atoms with E-state index >= 15 is 0 Å². The van der Waals surface area contributed by atoms with Gasteiger partial charge in [-0.1, -0.05) is 6.58 Å². The van der Waals surface area contributed by atoms with E-state index in [0.29, 0.717) is 35.8 Å². The van der Waals surface area contributed by atoms with Gasteiger partial charge >= 0.3 is 11.9 Å². The highest BCUT2D eigenvalue weighted by Gasteiger charge is 2.12. The average Bonchev–Trinajstić information content (AvgIpc) is 2.86. The first-order valence-corrected chi connectivity index (χ1v) is 11.0. The number of esters is 2. The van der Waals surface area contributed by atoms with Crippen molar-refractivity contribution in [1.82, 2.24) is 0 Å². The normalized spacial score (nSPS) is 10.3. The summed E-state index contributed by atoms with van der Waals surface area (Å²) in [6, 6.07) is 13.5. The summed E-state index contributed by atoms with van der Waals surface area (Å²) in [5, 5.41) is 8.68. The lowest BCUT2D eigenvalue weighted by Crippen LogP contribution is -2.13. The number of ketones is 1. The Morgan fingerprint density at radius 2 is 1.41 bits per heavy atom. The third-order valence-corrected chi connectivity index (χ3v) is 4.78. The SMILES string of the molecule is C=C(CC(=O)CO)C(=O)OCCCCCCOc1ccc(OC(=O)c2ccc(OC)cc2)cc1. The first-order valence-electron chi connectivity index (χ1n) is 11.0. The minimum absolute atomic E-state index is 0.0500. The molecule has 0 heterocycles. The molecule has 34 heavy (non-hydrogen) atoms. The van der Waals surface area contributed by atoms with Gasteiger partial charge < -0.3 is 24.1 Å². The van der Waals surface area contributed by atoms with Crippen molar-refractivity contribution in [3.05, 3.63) is 66.2 Å². The quantitative estimate of drug-likeness (QED) is 0.181. The number of ether oxygens (including phenoxy) is 4. The maximum absolute atomic E-state index is 12.2. The lowest BCUT2D eigenvalue weighted by molar-refractivity contribution is -0.140. The van der Waals surface area contributed by atoms with Gasteiger partial charge in [-0.15, -0.1) is 0 Å². The van der Waals surface area contributed by atoms with E-state index in [2.05, 4.69) is 6.58 Å². The summed E-state index contributed by atoms with van der Waals surface area (Å²) >= 11 is 0. The maximum Gasteiger partial charge on any atom is 0.343 e. The summed E-state index contributed by atoms with van der Waals surface area (Å²) in [7, 11) is 1.56. The van der Waals surface area contributed by atoms with Crippen molar-refractivity contribution >= 4 is 17.7 Å². The predicted octanol–water partition coefficient (Wildman–Crippen LogP) is 3.90. The third kappa shape index (κ3) is 9.46. The Morgan fingerprint density at radius 3 is 2.03 bits per heavy atom. The standard InChI is InChI=1S/C26H30O8/c1-19(17-21(28)18-27)25(29)33-16-6-4-3-5-15-32-23-11-13-24(14-12-23)34-26(30)20-7-9-22(31-2)10-8-20/h7-14,27H,1,3-6,15-18H2,2H3. The van der Waals surface area contributed by atoms with Crippen LogP contribution >= 0.6 is 0 Å². The fourth-order valence-electron chi connectivity index (χ4n) is 2.88. The number of aliphatic hydroxyl groups is 1. The van der Waals surface area contributed by atoms with E-state index in [0.717, 1.165) is 19.3 Å². The van der Waals surface area contributed by atoms with Gasteiger partial charge in [0.05, 0.1) is 25.9 Å². The molecule has 2 rings (SSSR count). The Balaban J connectivity index is 1.58. The monoisotopic (exact) mass is 470 g/mol. The van der Waals surface area contributed by atoms with Gasteiger partial charge in [0.15, 0.2) is 5.78 Å². The number of Topliss-reactive ketones (excluding diaryl/α,β-unsaturated/α-hetero) is 1. The Hall–Kier alpha value is -3.65. The highest BCUT2D eigenvalue weighted by molar-refractivity contribution is 5.95. The molecule has 2 aromatic rings. The molecule has 0 aliphatic heterocycles. The molecule has 0 aromatic heterocycles. The molecule has 0 atom stereocenters. The summed E-state index contributed by atoms with van der Waals surface area (Å²) in [4.78, 5) is 34.9. The van der Waals surface area contributed by atoms with Crippen LogP contribution in [0, 0.1) is 0 Å². The number of unbranched alkanes of at least 4 members (excludes halogenated alkanes) is 3. The molecule has 182 valence electrons. The van der Waals surface area contributed by atoms with E-state index in [-0.39, 0.29) is 18.6 Å². The van der Waals surface area contributed by atoms with Gasteiger partial charge in [-0.3, -0.25) is 4.79 Å². The van der Waals surface area contributed by atoms with Gasteiger partial charge in [0.1, 0.15) is 23.9 Å². The molecule has 0 saturated heterocycles. The number of hydrogen-bond donors (Lipinski definition) is 1. The molecule has 0 amide bonds. The van der Waals surface area contributed by atoms with Crippen LogP contribution in [0.4, 0.5) is 0 Å². The molecule has 8 heteroatoms. The Kier molecular flexibility index (Phi) is 11.3. The van der Waals surface area contributed by atoms with Crippen LogP contribution in [0.3, 0.4) is 0 Å². The van der Waals surface area contributed by atoms with Crippen molar-refractivity contribution in [3.63, 3.8) is 0 Å². The molecule has 0 saturated carbocycles. The van der Waals surface area contributed by atoms with Crippen LogP contribution < -0.4 is 14.2 Å². The number of methoxy groups -OCH3 is 1. The number of carbonyl (C=O) groups excluding carboxylic acids is 3. The van der Waals surface area contributed by atoms with Crippen LogP contribution in [-0.4, -0.2) is 49.8 Å². The van der Waals surface area contributed by atoms with Crippen LogP contribution in [0.15, 0.2) is 60.7 Å². The molecule has 1 N–H and O–H groups in total. The number of carbonyl (C=O) groups is 3. The average molecular weight is 471 g/mol. The number of rotatable bonds is 15. The lowest BCUT2D eigenvalue weighted by atomic mass is 10.1. The molecular weight excluding hydrogens is 440 g/mol. The molecule has 0 spiro atoms. The summed E-state index contributed by atoms with van der Waals surface area (Å²) in [6.45, 7) is 3.67. The number of hydrogen-bond acceptors (Lipinski definition) is 8. The van der Waals surface area contributed by atoms with Crippen LogP contribution in [-0.2, 0) is 14.3 Å². The Morgan fingerprint density at radius 1 is 0.824 bits per heavy atom. The van der Waals surface area contributed by atoms with Crippen molar-refractivity contribution in [2.24, 2.45) is 0 Å². The van der Waals surface area contributed by atoms with E-state index in [1.165, 1.54) is 0 Å². The predicted molar refractivity (Wildman–Crippen MR) is 125 cm³/mol. The molecule has 2 aromatic carbocycles. The number of aliphatic hydroxyl groups excluding tert-OH is 1. The Bertz CT molecular complexity index is 948. The Labute approximate surface area is 199 Å². The zero-order valence-electron chi connectivity index (χ0n) is 19.3. The molecular formula is C26H30O8. The van der Waals surface area contributed by atoms with Gasteiger partial charge in [-0.05, 0) is 74.2 Å². The van der Waals surface area contributed by atoms with E-state index in [1.54, 1.807) is 55.6 Å². The van der Waals surface area contributed by atoms with Crippen LogP contribution in [0.5, 0.6) is 17.2 Å². The summed E-state index contributed by atoms with van der Waals surface area (Å²) in [6.07, 6.45) is 3.10. The van der Waals surface area contributed by atoms with Gasteiger partial charge in [-0.2, -0.15) is 0 Å². The van der Waals surface area contributed by atoms with Crippen molar-refractivity contribution in [3.8, 4) is 17.2 Å². The fourth-order valence-corrected chi connectivity index (χ4v) is 2.88.